The summed E-state index contributed by atoms with van der Waals surface area (Å²) in [5, 5.41) is 5.61. The van der Waals surface area contributed by atoms with E-state index in [1.807, 2.05) is 0 Å². The van der Waals surface area contributed by atoms with Crippen molar-refractivity contribution in [3.05, 3.63) is 77.6 Å². The van der Waals surface area contributed by atoms with Crippen LogP contribution in [0.1, 0.15) is 32.8 Å². The molecule has 2 N–H and O–H groups in total. The maximum Gasteiger partial charge on any atom is 0.416 e. The zero-order chi connectivity index (χ0) is 24.9. The Morgan fingerprint density at radius 1 is 1.06 bits per heavy atom. The summed E-state index contributed by atoms with van der Waals surface area (Å²) in [7, 11) is 1.73. The molecule has 2 unspecified atom stereocenters. The van der Waals surface area contributed by atoms with Gasteiger partial charge in [0.05, 0.1) is 22.9 Å². The molecule has 0 spiro atoms. The number of alkyl halides is 3. The van der Waals surface area contributed by atoms with Crippen molar-refractivity contribution in [2.45, 2.75) is 24.7 Å². The van der Waals surface area contributed by atoms with Gasteiger partial charge in [0.1, 0.15) is 11.7 Å². The number of aryl methyl sites for hydroxylation is 1. The summed E-state index contributed by atoms with van der Waals surface area (Å²) in [5.41, 5.74) is 0.821. The molecule has 1 saturated heterocycles. The second-order valence-electron chi connectivity index (χ2n) is 8.64. The standard InChI is InChI=1S/C25H21F3N4O3/c1-31-10-3-6-20(31)22(33)30-19-9-11-32-21(19)23(34)29-18-8-7-15(13-17(18)24(32)35)14-4-2-5-16(12-14)25(26,27)28/h2-8,10,12-13,19,21H,9,11H2,1H3,(H,29,34)(H,30,33). The van der Waals surface area contributed by atoms with Crippen molar-refractivity contribution < 1.29 is 27.6 Å². The van der Waals surface area contributed by atoms with E-state index in [-0.39, 0.29) is 23.7 Å². The maximum atomic E-state index is 13.4. The zero-order valence-corrected chi connectivity index (χ0v) is 18.6. The summed E-state index contributed by atoms with van der Waals surface area (Å²) in [6, 6.07) is 11.3. The van der Waals surface area contributed by atoms with Gasteiger partial charge in [-0.1, -0.05) is 18.2 Å². The number of carbonyl (C=O) groups excluding carboxylic acids is 3. The smallest absolute Gasteiger partial charge is 0.347 e. The number of amides is 3. The second-order valence-corrected chi connectivity index (χ2v) is 8.64. The molecule has 1 fully saturated rings. The molecule has 2 aromatic carbocycles. The molecule has 2 aliphatic heterocycles. The average molecular weight is 482 g/mol. The molecular formula is C25H21F3N4O3. The monoisotopic (exact) mass is 482 g/mol. The van der Waals surface area contributed by atoms with E-state index in [1.54, 1.807) is 36.0 Å². The molecule has 0 aliphatic carbocycles. The first-order valence-corrected chi connectivity index (χ1v) is 11.0. The molecule has 0 bridgehead atoms. The van der Waals surface area contributed by atoms with Crippen LogP contribution < -0.4 is 10.6 Å². The van der Waals surface area contributed by atoms with Gasteiger partial charge in [-0.05, 0) is 53.9 Å². The third kappa shape index (κ3) is 4.05. The van der Waals surface area contributed by atoms with Gasteiger partial charge in [-0.15, -0.1) is 0 Å². The third-order valence-corrected chi connectivity index (χ3v) is 6.45. The number of hydrogen-bond donors (Lipinski definition) is 2. The van der Waals surface area contributed by atoms with Gasteiger partial charge in [-0.25, -0.2) is 0 Å². The number of aromatic nitrogens is 1. The Hall–Kier alpha value is -4.08. The van der Waals surface area contributed by atoms with Crippen molar-refractivity contribution in [3.63, 3.8) is 0 Å². The van der Waals surface area contributed by atoms with Crippen LogP contribution in [-0.4, -0.2) is 45.8 Å². The predicted molar refractivity (Wildman–Crippen MR) is 122 cm³/mol. The Labute approximate surface area is 198 Å². The summed E-state index contributed by atoms with van der Waals surface area (Å²) in [6.45, 7) is 0.252. The van der Waals surface area contributed by atoms with E-state index < -0.39 is 35.6 Å². The highest BCUT2D eigenvalue weighted by molar-refractivity contribution is 6.11. The molecule has 180 valence electrons. The second kappa shape index (κ2) is 8.30. The largest absolute Gasteiger partial charge is 0.416 e. The van der Waals surface area contributed by atoms with Crippen molar-refractivity contribution in [3.8, 4) is 11.1 Å². The minimum Gasteiger partial charge on any atom is -0.347 e. The molecule has 5 rings (SSSR count). The predicted octanol–water partition coefficient (Wildman–Crippen LogP) is 3.68. The van der Waals surface area contributed by atoms with Gasteiger partial charge in [0, 0.05) is 19.8 Å². The van der Waals surface area contributed by atoms with Gasteiger partial charge in [-0.3, -0.25) is 14.4 Å². The van der Waals surface area contributed by atoms with E-state index in [4.69, 9.17) is 0 Å². The SMILES string of the molecule is Cn1cccc1C(=O)NC1CCN2C(=O)c3cc(-c4cccc(C(F)(F)F)c4)ccc3NC(=O)C12. The number of nitrogens with zero attached hydrogens (tertiary/aromatic N) is 2. The van der Waals surface area contributed by atoms with Crippen LogP contribution >= 0.6 is 0 Å². The molecule has 0 radical (unpaired) electrons. The van der Waals surface area contributed by atoms with Crippen molar-refractivity contribution in [2.75, 3.05) is 11.9 Å². The fourth-order valence-corrected chi connectivity index (χ4v) is 4.68. The van der Waals surface area contributed by atoms with Gasteiger partial charge < -0.3 is 20.1 Å². The minimum absolute atomic E-state index is 0.185. The molecule has 10 heteroatoms. The van der Waals surface area contributed by atoms with Crippen LogP contribution in [0.15, 0.2) is 60.8 Å². The Morgan fingerprint density at radius 2 is 1.83 bits per heavy atom. The van der Waals surface area contributed by atoms with Gasteiger partial charge in [0.15, 0.2) is 0 Å². The van der Waals surface area contributed by atoms with E-state index in [9.17, 15) is 27.6 Å². The number of anilines is 1. The first-order chi connectivity index (χ1) is 16.6. The summed E-state index contributed by atoms with van der Waals surface area (Å²) in [6.07, 6.45) is -2.37. The van der Waals surface area contributed by atoms with Crippen LogP contribution in [0.4, 0.5) is 18.9 Å². The van der Waals surface area contributed by atoms with Crippen LogP contribution in [0.3, 0.4) is 0 Å². The Bertz CT molecular complexity index is 1350. The first-order valence-electron chi connectivity index (χ1n) is 11.0. The molecule has 3 heterocycles. The molecule has 7 nitrogen and oxygen atoms in total. The molecule has 2 atom stereocenters. The van der Waals surface area contributed by atoms with Gasteiger partial charge in [0.25, 0.3) is 11.8 Å². The Kier molecular flexibility index (Phi) is 5.38. The summed E-state index contributed by atoms with van der Waals surface area (Å²) < 4.78 is 41.1. The number of benzene rings is 2. The molecule has 35 heavy (non-hydrogen) atoms. The van der Waals surface area contributed by atoms with E-state index in [1.165, 1.54) is 29.2 Å². The molecule has 2 aliphatic rings. The lowest BCUT2D eigenvalue weighted by molar-refractivity contribution is -0.137. The highest BCUT2D eigenvalue weighted by Gasteiger charge is 2.45. The van der Waals surface area contributed by atoms with Gasteiger partial charge in [0.2, 0.25) is 5.91 Å². The lowest BCUT2D eigenvalue weighted by atomic mass is 9.99. The van der Waals surface area contributed by atoms with Crippen LogP contribution in [0.5, 0.6) is 0 Å². The average Bonchev–Trinajstić information content (AvgIpc) is 3.42. The van der Waals surface area contributed by atoms with Crippen molar-refractivity contribution >= 4 is 23.4 Å². The highest BCUT2D eigenvalue weighted by Crippen LogP contribution is 2.35. The van der Waals surface area contributed by atoms with E-state index in [0.717, 1.165) is 12.1 Å². The normalized spacial score (nSPS) is 19.6. The number of halogens is 3. The quantitative estimate of drug-likeness (QED) is 0.598. The Morgan fingerprint density at radius 3 is 2.54 bits per heavy atom. The van der Waals surface area contributed by atoms with Crippen LogP contribution in [0.2, 0.25) is 0 Å². The zero-order valence-electron chi connectivity index (χ0n) is 18.6. The molecule has 0 saturated carbocycles. The number of nitrogens with one attached hydrogen (secondary N) is 2. The number of hydrogen-bond acceptors (Lipinski definition) is 3. The molecule has 3 aromatic rings. The summed E-state index contributed by atoms with van der Waals surface area (Å²) in [5.74, 6) is -1.20. The van der Waals surface area contributed by atoms with E-state index >= 15 is 0 Å². The van der Waals surface area contributed by atoms with Gasteiger partial charge in [-0.2, -0.15) is 13.2 Å². The van der Waals surface area contributed by atoms with Crippen molar-refractivity contribution in [1.29, 1.82) is 0 Å². The fraction of sp³-hybridized carbons (Fsp3) is 0.240. The topological polar surface area (TPSA) is 83.4 Å². The first kappa shape index (κ1) is 22.7. The van der Waals surface area contributed by atoms with Crippen molar-refractivity contribution in [2.24, 2.45) is 7.05 Å². The fourth-order valence-electron chi connectivity index (χ4n) is 4.68. The van der Waals surface area contributed by atoms with E-state index in [0.29, 0.717) is 23.2 Å². The summed E-state index contributed by atoms with van der Waals surface area (Å²) in [4.78, 5) is 40.6. The molecular weight excluding hydrogens is 461 g/mol. The number of carbonyl (C=O) groups is 3. The molecule has 3 amide bonds. The lowest BCUT2D eigenvalue weighted by Gasteiger charge is -2.25. The van der Waals surface area contributed by atoms with Crippen LogP contribution in [-0.2, 0) is 18.0 Å². The minimum atomic E-state index is -4.49. The summed E-state index contributed by atoms with van der Waals surface area (Å²) >= 11 is 0. The lowest BCUT2D eigenvalue weighted by Crippen LogP contribution is -2.51. The third-order valence-electron chi connectivity index (χ3n) is 6.45. The van der Waals surface area contributed by atoms with Crippen LogP contribution in [0.25, 0.3) is 11.1 Å². The number of rotatable bonds is 3. The molecule has 1 aromatic heterocycles. The Balaban J connectivity index is 1.44. The highest BCUT2D eigenvalue weighted by atomic mass is 19.4. The van der Waals surface area contributed by atoms with Crippen molar-refractivity contribution in [1.82, 2.24) is 14.8 Å². The van der Waals surface area contributed by atoms with Crippen LogP contribution in [0, 0.1) is 0 Å². The van der Waals surface area contributed by atoms with Gasteiger partial charge >= 0.3 is 6.18 Å². The maximum absolute atomic E-state index is 13.4. The van der Waals surface area contributed by atoms with E-state index in [2.05, 4.69) is 10.6 Å². The number of fused-ring (bicyclic) bond motifs is 2.